The van der Waals surface area contributed by atoms with E-state index in [-0.39, 0.29) is 0 Å². The zero-order valence-electron chi connectivity index (χ0n) is 16.9. The molecule has 0 aliphatic carbocycles. The number of ether oxygens (including phenoxy) is 1. The van der Waals surface area contributed by atoms with Crippen LogP contribution in [0.2, 0.25) is 0 Å². The second-order valence-corrected chi connectivity index (χ2v) is 8.70. The minimum Gasteiger partial charge on any atom is -0.458 e. The van der Waals surface area contributed by atoms with Gasteiger partial charge < -0.3 is 15.4 Å². The van der Waals surface area contributed by atoms with Crippen LogP contribution in [0.1, 0.15) is 37.5 Å². The Morgan fingerprint density at radius 3 is 2.18 bits per heavy atom. The van der Waals surface area contributed by atoms with Crippen LogP contribution in [0.4, 0.5) is 10.5 Å². The smallest absolute Gasteiger partial charge is 0.329 e. The number of rotatable bonds is 5. The van der Waals surface area contributed by atoms with Gasteiger partial charge >= 0.3 is 12.0 Å². The fourth-order valence-electron chi connectivity index (χ4n) is 2.83. The van der Waals surface area contributed by atoms with Gasteiger partial charge in [0.1, 0.15) is 11.6 Å². The number of halogens is 1. The molecular formula is C22H27BrN2O3. The highest BCUT2D eigenvalue weighted by atomic mass is 79.9. The molecule has 0 spiro atoms. The molecule has 2 amide bonds. The average Bonchev–Trinajstić information content (AvgIpc) is 2.57. The van der Waals surface area contributed by atoms with E-state index in [0.29, 0.717) is 6.42 Å². The topological polar surface area (TPSA) is 67.4 Å². The first-order valence-corrected chi connectivity index (χ1v) is 9.95. The third-order valence-electron chi connectivity index (χ3n) is 4.02. The summed E-state index contributed by atoms with van der Waals surface area (Å²) in [5, 5.41) is 5.63. The van der Waals surface area contributed by atoms with Crippen LogP contribution in [0.25, 0.3) is 0 Å². The van der Waals surface area contributed by atoms with E-state index < -0.39 is 23.6 Å². The number of carbonyl (C=O) groups excluding carboxylic acids is 2. The summed E-state index contributed by atoms with van der Waals surface area (Å²) in [5.41, 5.74) is 2.89. The summed E-state index contributed by atoms with van der Waals surface area (Å²) < 4.78 is 6.45. The van der Waals surface area contributed by atoms with E-state index in [9.17, 15) is 9.59 Å². The van der Waals surface area contributed by atoms with E-state index >= 15 is 0 Å². The van der Waals surface area contributed by atoms with Gasteiger partial charge in [-0.25, -0.2) is 9.59 Å². The predicted molar refractivity (Wildman–Crippen MR) is 116 cm³/mol. The third kappa shape index (κ3) is 6.68. The van der Waals surface area contributed by atoms with Gasteiger partial charge in [0.25, 0.3) is 0 Å². The highest BCUT2D eigenvalue weighted by molar-refractivity contribution is 9.10. The minimum absolute atomic E-state index is 0.349. The van der Waals surface area contributed by atoms with Crippen molar-refractivity contribution < 1.29 is 14.3 Å². The van der Waals surface area contributed by atoms with Crippen LogP contribution in [-0.4, -0.2) is 23.6 Å². The number of benzene rings is 2. The Bertz CT molecular complexity index is 822. The van der Waals surface area contributed by atoms with Crippen molar-refractivity contribution in [1.82, 2.24) is 5.32 Å². The van der Waals surface area contributed by atoms with Gasteiger partial charge in [-0.05, 0) is 63.4 Å². The van der Waals surface area contributed by atoms with Gasteiger partial charge in [0.15, 0.2) is 0 Å². The van der Waals surface area contributed by atoms with Crippen molar-refractivity contribution in [3.05, 3.63) is 63.6 Å². The molecule has 2 aromatic carbocycles. The summed E-state index contributed by atoms with van der Waals surface area (Å²) >= 11 is 3.45. The van der Waals surface area contributed by atoms with Crippen LogP contribution < -0.4 is 10.6 Å². The molecule has 0 aliphatic heterocycles. The van der Waals surface area contributed by atoms with Gasteiger partial charge in [0.2, 0.25) is 0 Å². The number of carbonyl (C=O) groups is 2. The normalized spacial score (nSPS) is 12.2. The molecule has 1 unspecified atom stereocenters. The van der Waals surface area contributed by atoms with Crippen molar-refractivity contribution in [3.63, 3.8) is 0 Å². The van der Waals surface area contributed by atoms with Crippen LogP contribution in [0.15, 0.2) is 46.9 Å². The number of nitrogens with one attached hydrogen (secondary N) is 2. The van der Waals surface area contributed by atoms with Crippen molar-refractivity contribution in [2.45, 2.75) is 52.7 Å². The lowest BCUT2D eigenvalue weighted by atomic mass is 10.1. The van der Waals surface area contributed by atoms with Crippen molar-refractivity contribution in [3.8, 4) is 0 Å². The number of hydrogen-bond acceptors (Lipinski definition) is 3. The molecule has 0 aromatic heterocycles. The first-order chi connectivity index (χ1) is 13.0. The number of anilines is 1. The van der Waals surface area contributed by atoms with Crippen molar-refractivity contribution in [2.24, 2.45) is 0 Å². The van der Waals surface area contributed by atoms with Crippen LogP contribution >= 0.6 is 15.9 Å². The molecule has 2 aromatic rings. The Morgan fingerprint density at radius 1 is 1.07 bits per heavy atom. The summed E-state index contributed by atoms with van der Waals surface area (Å²) in [7, 11) is 0. The second kappa shape index (κ2) is 9.24. The highest BCUT2D eigenvalue weighted by Gasteiger charge is 2.27. The third-order valence-corrected chi connectivity index (χ3v) is 4.47. The number of amides is 2. The maximum Gasteiger partial charge on any atom is 0.329 e. The van der Waals surface area contributed by atoms with E-state index in [1.54, 1.807) is 20.8 Å². The molecule has 28 heavy (non-hydrogen) atoms. The van der Waals surface area contributed by atoms with Gasteiger partial charge in [0.05, 0.1) is 0 Å². The van der Waals surface area contributed by atoms with E-state index in [2.05, 4.69) is 26.6 Å². The fraction of sp³-hybridized carbons (Fsp3) is 0.364. The molecular weight excluding hydrogens is 420 g/mol. The van der Waals surface area contributed by atoms with Gasteiger partial charge in [-0.3, -0.25) is 0 Å². The van der Waals surface area contributed by atoms with E-state index in [1.807, 2.05) is 56.3 Å². The Balaban J connectivity index is 2.17. The second-order valence-electron chi connectivity index (χ2n) is 7.79. The molecule has 0 bridgehead atoms. The molecule has 0 saturated heterocycles. The zero-order chi connectivity index (χ0) is 20.9. The number of urea groups is 1. The van der Waals surface area contributed by atoms with Gasteiger partial charge in [0, 0.05) is 16.6 Å². The fourth-order valence-corrected chi connectivity index (χ4v) is 3.52. The van der Waals surface area contributed by atoms with E-state index in [0.717, 1.165) is 26.9 Å². The van der Waals surface area contributed by atoms with Crippen LogP contribution in [0.5, 0.6) is 0 Å². The van der Waals surface area contributed by atoms with Gasteiger partial charge in [-0.2, -0.15) is 0 Å². The average molecular weight is 447 g/mol. The molecule has 2 N–H and O–H groups in total. The maximum absolute atomic E-state index is 12.7. The molecule has 150 valence electrons. The van der Waals surface area contributed by atoms with Gasteiger partial charge in [-0.1, -0.05) is 46.3 Å². The molecule has 0 saturated carbocycles. The lowest BCUT2D eigenvalue weighted by Gasteiger charge is -2.25. The molecule has 6 heteroatoms. The summed E-state index contributed by atoms with van der Waals surface area (Å²) in [5.74, 6) is -0.462. The van der Waals surface area contributed by atoms with Crippen LogP contribution in [0.3, 0.4) is 0 Å². The first-order valence-electron chi connectivity index (χ1n) is 9.16. The SMILES string of the molecule is Cc1cc(Br)cc(C)c1NC(=O)NC(Cc1ccccc1)C(=O)OC(C)(C)C. The zero-order valence-corrected chi connectivity index (χ0v) is 18.5. The molecule has 0 heterocycles. The maximum atomic E-state index is 12.7. The van der Waals surface area contributed by atoms with E-state index in [4.69, 9.17) is 4.74 Å². The monoisotopic (exact) mass is 446 g/mol. The quantitative estimate of drug-likeness (QED) is 0.624. The molecule has 0 aliphatic rings. The molecule has 2 rings (SSSR count). The summed E-state index contributed by atoms with van der Waals surface area (Å²) in [6.07, 6.45) is 0.349. The Kier molecular flexibility index (Phi) is 7.24. The first kappa shape index (κ1) is 22.0. The van der Waals surface area contributed by atoms with Crippen LogP contribution in [0, 0.1) is 13.8 Å². The highest BCUT2D eigenvalue weighted by Crippen LogP contribution is 2.25. The lowest BCUT2D eigenvalue weighted by molar-refractivity contribution is -0.157. The summed E-state index contributed by atoms with van der Waals surface area (Å²) in [6.45, 7) is 9.25. The number of hydrogen-bond donors (Lipinski definition) is 2. The van der Waals surface area contributed by atoms with Crippen molar-refractivity contribution in [2.75, 3.05) is 5.32 Å². The van der Waals surface area contributed by atoms with Crippen molar-refractivity contribution in [1.29, 1.82) is 0 Å². The number of esters is 1. The largest absolute Gasteiger partial charge is 0.458 e. The van der Waals surface area contributed by atoms with Crippen molar-refractivity contribution >= 4 is 33.6 Å². The summed E-state index contributed by atoms with van der Waals surface area (Å²) in [4.78, 5) is 25.3. The Morgan fingerprint density at radius 2 is 1.64 bits per heavy atom. The Hall–Kier alpha value is -2.34. The minimum atomic E-state index is -0.794. The molecule has 5 nitrogen and oxygen atoms in total. The molecule has 0 radical (unpaired) electrons. The van der Waals surface area contributed by atoms with Gasteiger partial charge in [-0.15, -0.1) is 0 Å². The Labute approximate surface area is 175 Å². The number of aryl methyl sites for hydroxylation is 2. The standard InChI is InChI=1S/C22H27BrN2O3/c1-14-11-17(23)12-15(2)19(14)25-21(27)24-18(20(26)28-22(3,4)5)13-16-9-7-6-8-10-16/h6-12,18H,13H2,1-5H3,(H2,24,25,27). The lowest BCUT2D eigenvalue weighted by Crippen LogP contribution is -2.47. The molecule has 0 fully saturated rings. The summed E-state index contributed by atoms with van der Waals surface area (Å²) in [6, 6.07) is 12.2. The van der Waals surface area contributed by atoms with E-state index in [1.165, 1.54) is 0 Å². The molecule has 1 atom stereocenters. The van der Waals surface area contributed by atoms with Crippen LogP contribution in [-0.2, 0) is 16.0 Å². The predicted octanol–water partition coefficient (Wildman–Crippen LogP) is 5.14.